The molecule has 30 heavy (non-hydrogen) atoms. The zero-order valence-corrected chi connectivity index (χ0v) is 16.5. The lowest BCUT2D eigenvalue weighted by atomic mass is 9.71. The summed E-state index contributed by atoms with van der Waals surface area (Å²) in [5.74, 6) is 0.803. The molecule has 0 spiro atoms. The Morgan fingerprint density at radius 2 is 1.17 bits per heavy atom. The summed E-state index contributed by atoms with van der Waals surface area (Å²) in [5.41, 5.74) is 17.6. The average Bonchev–Trinajstić information content (AvgIpc) is 3.11. The number of fused-ring (bicyclic) bond motifs is 1. The summed E-state index contributed by atoms with van der Waals surface area (Å²) < 4.78 is 0. The van der Waals surface area contributed by atoms with Crippen molar-refractivity contribution >= 4 is 17.1 Å². The van der Waals surface area contributed by atoms with Gasteiger partial charge in [-0.25, -0.2) is 5.06 Å². The van der Waals surface area contributed by atoms with Crippen LogP contribution in [0.3, 0.4) is 0 Å². The molecule has 0 saturated carbocycles. The van der Waals surface area contributed by atoms with Crippen LogP contribution in [-0.2, 0) is 5.41 Å². The molecule has 4 aromatic rings. The van der Waals surface area contributed by atoms with E-state index < -0.39 is 5.41 Å². The Labute approximate surface area is 176 Å². The molecular weight excluding hydrogens is 370 g/mol. The Morgan fingerprint density at radius 3 is 1.77 bits per heavy atom. The molecular formula is C26H23N3O. The van der Waals surface area contributed by atoms with E-state index >= 15 is 0 Å². The van der Waals surface area contributed by atoms with Gasteiger partial charge in [0.2, 0.25) is 0 Å². The van der Waals surface area contributed by atoms with Gasteiger partial charge >= 0.3 is 0 Å². The van der Waals surface area contributed by atoms with Crippen LogP contribution in [0.15, 0.2) is 103 Å². The zero-order chi connectivity index (χ0) is 20.6. The number of anilines is 3. The van der Waals surface area contributed by atoms with Crippen LogP contribution in [0.25, 0.3) is 0 Å². The Morgan fingerprint density at radius 1 is 0.633 bits per heavy atom. The second-order valence-electron chi connectivity index (χ2n) is 7.61. The molecule has 148 valence electrons. The Kier molecular flexibility index (Phi) is 4.32. The number of nitrogens with two attached hydrogens (primary N) is 2. The molecule has 0 bridgehead atoms. The Bertz CT molecular complexity index is 1110. The summed E-state index contributed by atoms with van der Waals surface area (Å²) in [6.45, 7) is 0.634. The highest BCUT2D eigenvalue weighted by atomic mass is 16.7. The van der Waals surface area contributed by atoms with E-state index in [1.165, 1.54) is 5.56 Å². The minimum absolute atomic E-state index is 0.410. The van der Waals surface area contributed by atoms with Crippen LogP contribution in [0.2, 0.25) is 0 Å². The van der Waals surface area contributed by atoms with Crippen LogP contribution in [0.1, 0.15) is 16.7 Å². The van der Waals surface area contributed by atoms with Crippen molar-refractivity contribution in [3.8, 4) is 5.75 Å². The quantitative estimate of drug-likeness (QED) is 0.479. The fourth-order valence-electron chi connectivity index (χ4n) is 4.32. The molecule has 0 radical (unpaired) electrons. The van der Waals surface area contributed by atoms with Crippen molar-refractivity contribution in [1.29, 1.82) is 0 Å². The van der Waals surface area contributed by atoms with Gasteiger partial charge in [0.1, 0.15) is 0 Å². The van der Waals surface area contributed by atoms with Crippen molar-refractivity contribution < 1.29 is 4.84 Å². The van der Waals surface area contributed by atoms with E-state index in [1.807, 2.05) is 65.7 Å². The van der Waals surface area contributed by atoms with Gasteiger partial charge in [-0.1, -0.05) is 60.7 Å². The summed E-state index contributed by atoms with van der Waals surface area (Å²) >= 11 is 0. The van der Waals surface area contributed by atoms with E-state index in [-0.39, 0.29) is 0 Å². The average molecular weight is 393 g/mol. The lowest BCUT2D eigenvalue weighted by Crippen LogP contribution is -2.37. The Balaban J connectivity index is 1.70. The zero-order valence-electron chi connectivity index (χ0n) is 16.5. The van der Waals surface area contributed by atoms with Gasteiger partial charge in [0.25, 0.3) is 0 Å². The molecule has 0 aliphatic carbocycles. The maximum absolute atomic E-state index is 6.33. The van der Waals surface area contributed by atoms with Gasteiger partial charge < -0.3 is 16.3 Å². The summed E-state index contributed by atoms with van der Waals surface area (Å²) in [7, 11) is 0. The third kappa shape index (κ3) is 2.94. The van der Waals surface area contributed by atoms with E-state index in [2.05, 4.69) is 42.5 Å². The van der Waals surface area contributed by atoms with Crippen molar-refractivity contribution in [3.05, 3.63) is 120 Å². The summed E-state index contributed by atoms with van der Waals surface area (Å²) in [6, 6.07) is 34.5. The van der Waals surface area contributed by atoms with E-state index in [0.717, 1.165) is 33.9 Å². The molecule has 0 amide bonds. The molecule has 0 saturated heterocycles. The smallest absolute Gasteiger partial charge is 0.155 e. The summed E-state index contributed by atoms with van der Waals surface area (Å²) in [4.78, 5) is 6.33. The first-order valence-electron chi connectivity index (χ1n) is 9.99. The fourth-order valence-corrected chi connectivity index (χ4v) is 4.32. The molecule has 1 aliphatic rings. The molecule has 1 heterocycles. The second-order valence-corrected chi connectivity index (χ2v) is 7.61. The normalized spacial score (nSPS) is 14.3. The van der Waals surface area contributed by atoms with Crippen LogP contribution >= 0.6 is 0 Å². The predicted molar refractivity (Wildman–Crippen MR) is 122 cm³/mol. The van der Waals surface area contributed by atoms with Crippen molar-refractivity contribution in [2.45, 2.75) is 5.41 Å². The van der Waals surface area contributed by atoms with Gasteiger partial charge in [-0.3, -0.25) is 0 Å². The minimum atomic E-state index is -0.410. The van der Waals surface area contributed by atoms with Crippen LogP contribution in [0.5, 0.6) is 5.75 Å². The van der Waals surface area contributed by atoms with E-state index in [9.17, 15) is 0 Å². The van der Waals surface area contributed by atoms with Crippen LogP contribution in [0, 0.1) is 0 Å². The largest absolute Gasteiger partial charge is 0.399 e. The highest BCUT2D eigenvalue weighted by molar-refractivity contribution is 5.70. The molecule has 5 rings (SSSR count). The van der Waals surface area contributed by atoms with E-state index in [0.29, 0.717) is 6.54 Å². The second kappa shape index (κ2) is 7.16. The summed E-state index contributed by atoms with van der Waals surface area (Å²) in [6.07, 6.45) is 0. The van der Waals surface area contributed by atoms with Crippen molar-refractivity contribution in [2.24, 2.45) is 0 Å². The number of nitrogens with zero attached hydrogens (tertiary/aromatic N) is 1. The molecule has 0 atom stereocenters. The first kappa shape index (κ1) is 18.1. The monoisotopic (exact) mass is 393 g/mol. The molecule has 4 N–H and O–H groups in total. The van der Waals surface area contributed by atoms with Gasteiger partial charge in [-0.05, 0) is 59.2 Å². The lowest BCUT2D eigenvalue weighted by Gasteiger charge is -2.32. The predicted octanol–water partition coefficient (Wildman–Crippen LogP) is 5.00. The van der Waals surface area contributed by atoms with Gasteiger partial charge in [0.15, 0.2) is 5.75 Å². The Hall–Kier alpha value is -3.92. The standard InChI is InChI=1S/C26H23N3O/c27-21-14-10-19(11-15-21)26(20-12-16-22(28)17-13-20)18-29(25-9-5-4-8-24(25)26)30-23-6-2-1-3-7-23/h1-17H,18,27-28H2. The molecule has 0 aromatic heterocycles. The molecule has 0 fully saturated rings. The molecule has 1 aliphatic heterocycles. The number of hydrogen-bond donors (Lipinski definition) is 2. The van der Waals surface area contributed by atoms with Gasteiger partial charge in [-0.15, -0.1) is 0 Å². The maximum atomic E-state index is 6.33. The fraction of sp³-hybridized carbons (Fsp3) is 0.0769. The maximum Gasteiger partial charge on any atom is 0.155 e. The lowest BCUT2D eigenvalue weighted by molar-refractivity contribution is 0.277. The van der Waals surface area contributed by atoms with Gasteiger partial charge in [0.05, 0.1) is 17.6 Å². The van der Waals surface area contributed by atoms with Gasteiger partial charge in [0, 0.05) is 11.4 Å². The van der Waals surface area contributed by atoms with E-state index in [4.69, 9.17) is 16.3 Å². The van der Waals surface area contributed by atoms with Crippen LogP contribution in [-0.4, -0.2) is 6.54 Å². The third-order valence-corrected chi connectivity index (χ3v) is 5.78. The third-order valence-electron chi connectivity index (χ3n) is 5.78. The number of rotatable bonds is 4. The van der Waals surface area contributed by atoms with Crippen molar-refractivity contribution in [2.75, 3.05) is 23.1 Å². The molecule has 4 aromatic carbocycles. The van der Waals surface area contributed by atoms with Crippen LogP contribution < -0.4 is 21.4 Å². The summed E-state index contributed by atoms with van der Waals surface area (Å²) in [5, 5.41) is 1.98. The van der Waals surface area contributed by atoms with E-state index in [1.54, 1.807) is 0 Å². The number of hydrogen-bond acceptors (Lipinski definition) is 4. The number of para-hydroxylation sites is 2. The highest BCUT2D eigenvalue weighted by Gasteiger charge is 2.46. The number of hydroxylamine groups is 1. The number of nitrogen functional groups attached to an aromatic ring is 2. The highest BCUT2D eigenvalue weighted by Crippen LogP contribution is 2.49. The SMILES string of the molecule is Nc1ccc(C2(c3ccc(N)cc3)CN(Oc3ccccc3)c3ccccc32)cc1. The first-order chi connectivity index (χ1) is 14.7. The molecule has 0 unspecified atom stereocenters. The molecule has 4 heteroatoms. The molecule has 4 nitrogen and oxygen atoms in total. The van der Waals surface area contributed by atoms with Crippen molar-refractivity contribution in [3.63, 3.8) is 0 Å². The van der Waals surface area contributed by atoms with Crippen molar-refractivity contribution in [1.82, 2.24) is 0 Å². The van der Waals surface area contributed by atoms with Gasteiger partial charge in [-0.2, -0.15) is 0 Å². The first-order valence-corrected chi connectivity index (χ1v) is 9.99. The number of benzene rings is 4. The topological polar surface area (TPSA) is 64.5 Å². The van der Waals surface area contributed by atoms with Crippen LogP contribution in [0.4, 0.5) is 17.1 Å². The minimum Gasteiger partial charge on any atom is -0.399 e.